The number of aryl methyl sites for hydroxylation is 1. The summed E-state index contributed by atoms with van der Waals surface area (Å²) in [6.07, 6.45) is 0. The first-order valence-corrected chi connectivity index (χ1v) is 5.14. The first kappa shape index (κ1) is 10.2. The van der Waals surface area contributed by atoms with Gasteiger partial charge in [-0.25, -0.2) is 0 Å². The van der Waals surface area contributed by atoms with E-state index in [4.69, 9.17) is 9.26 Å². The van der Waals surface area contributed by atoms with Crippen molar-refractivity contribution in [2.24, 2.45) is 0 Å². The molecule has 2 rings (SSSR count). The first-order valence-electron chi connectivity index (χ1n) is 4.35. The van der Waals surface area contributed by atoms with Crippen molar-refractivity contribution in [3.8, 4) is 17.2 Å². The Morgan fingerprint density at radius 1 is 1.40 bits per heavy atom. The summed E-state index contributed by atoms with van der Waals surface area (Å²) in [6.45, 7) is 1.78. The Balaban J connectivity index is 2.45. The molecule has 0 bridgehead atoms. The lowest BCUT2D eigenvalue weighted by Crippen LogP contribution is -1.85. The summed E-state index contributed by atoms with van der Waals surface area (Å²) in [4.78, 5) is 4.15. The molecule has 0 unspecified atom stereocenters. The fourth-order valence-corrected chi connectivity index (χ4v) is 1.73. The maximum absolute atomic E-state index is 5.09. The second-order valence-electron chi connectivity index (χ2n) is 2.99. The number of hydrogen-bond acceptors (Lipinski definition) is 4. The van der Waals surface area contributed by atoms with Crippen LogP contribution in [0.25, 0.3) is 11.5 Å². The van der Waals surface area contributed by atoms with Gasteiger partial charge in [0, 0.05) is 4.47 Å². The predicted octanol–water partition coefficient (Wildman–Crippen LogP) is 2.82. The van der Waals surface area contributed by atoms with Crippen molar-refractivity contribution in [3.05, 3.63) is 28.5 Å². The molecule has 0 fully saturated rings. The SMILES string of the molecule is COc1ccc(-c2nc(C)no2)c(Br)c1. The molecule has 0 atom stereocenters. The van der Waals surface area contributed by atoms with Gasteiger partial charge in [0.25, 0.3) is 5.89 Å². The predicted molar refractivity (Wildman–Crippen MR) is 58.7 cm³/mol. The minimum Gasteiger partial charge on any atom is -0.497 e. The molecule has 15 heavy (non-hydrogen) atoms. The van der Waals surface area contributed by atoms with E-state index in [1.807, 2.05) is 18.2 Å². The molecule has 5 heteroatoms. The lowest BCUT2D eigenvalue weighted by atomic mass is 10.2. The lowest BCUT2D eigenvalue weighted by Gasteiger charge is -2.02. The Labute approximate surface area is 95.4 Å². The summed E-state index contributed by atoms with van der Waals surface area (Å²) >= 11 is 3.43. The Hall–Kier alpha value is -1.36. The maximum Gasteiger partial charge on any atom is 0.259 e. The van der Waals surface area contributed by atoms with Crippen LogP contribution in [-0.2, 0) is 0 Å². The molecule has 0 aliphatic heterocycles. The van der Waals surface area contributed by atoms with Crippen LogP contribution in [0.1, 0.15) is 5.82 Å². The van der Waals surface area contributed by atoms with Gasteiger partial charge in [0.05, 0.1) is 12.7 Å². The van der Waals surface area contributed by atoms with Gasteiger partial charge in [-0.1, -0.05) is 5.16 Å². The van der Waals surface area contributed by atoms with E-state index in [0.29, 0.717) is 11.7 Å². The highest BCUT2D eigenvalue weighted by atomic mass is 79.9. The maximum atomic E-state index is 5.09. The molecular formula is C10H9BrN2O2. The molecule has 0 aliphatic rings. The summed E-state index contributed by atoms with van der Waals surface area (Å²) in [7, 11) is 1.62. The zero-order valence-electron chi connectivity index (χ0n) is 8.32. The topological polar surface area (TPSA) is 48.2 Å². The zero-order chi connectivity index (χ0) is 10.8. The minimum atomic E-state index is 0.502. The Kier molecular flexibility index (Phi) is 2.73. The van der Waals surface area contributed by atoms with Crippen molar-refractivity contribution < 1.29 is 9.26 Å². The van der Waals surface area contributed by atoms with Crippen LogP contribution < -0.4 is 4.74 Å². The van der Waals surface area contributed by atoms with E-state index in [2.05, 4.69) is 26.1 Å². The molecule has 0 saturated heterocycles. The molecule has 2 aromatic rings. The van der Waals surface area contributed by atoms with E-state index in [1.54, 1.807) is 14.0 Å². The van der Waals surface area contributed by atoms with Crippen molar-refractivity contribution >= 4 is 15.9 Å². The molecule has 78 valence electrons. The second kappa shape index (κ2) is 4.02. The average molecular weight is 269 g/mol. The van der Waals surface area contributed by atoms with Crippen LogP contribution in [0.15, 0.2) is 27.2 Å². The number of nitrogens with zero attached hydrogens (tertiary/aromatic N) is 2. The average Bonchev–Trinajstić information content (AvgIpc) is 2.64. The van der Waals surface area contributed by atoms with Crippen LogP contribution in [0.4, 0.5) is 0 Å². The summed E-state index contributed by atoms with van der Waals surface area (Å²) in [5.41, 5.74) is 0.858. The molecule has 1 aromatic heterocycles. The molecule has 0 amide bonds. The zero-order valence-corrected chi connectivity index (χ0v) is 9.91. The van der Waals surface area contributed by atoms with Gasteiger partial charge >= 0.3 is 0 Å². The molecule has 0 saturated carbocycles. The molecule has 0 N–H and O–H groups in total. The van der Waals surface area contributed by atoms with Gasteiger partial charge in [0.1, 0.15) is 5.75 Å². The van der Waals surface area contributed by atoms with Gasteiger partial charge in [0.2, 0.25) is 0 Å². The number of rotatable bonds is 2. The van der Waals surface area contributed by atoms with Gasteiger partial charge in [0.15, 0.2) is 5.82 Å². The number of ether oxygens (including phenoxy) is 1. The van der Waals surface area contributed by atoms with E-state index < -0.39 is 0 Å². The van der Waals surface area contributed by atoms with Crippen LogP contribution in [-0.4, -0.2) is 17.3 Å². The standard InChI is InChI=1S/C10H9BrN2O2/c1-6-12-10(15-13-6)8-4-3-7(14-2)5-9(8)11/h3-5H,1-2H3. The monoisotopic (exact) mass is 268 g/mol. The molecule has 1 aromatic carbocycles. The van der Waals surface area contributed by atoms with Crippen LogP contribution in [0.5, 0.6) is 5.75 Å². The first-order chi connectivity index (χ1) is 7.20. The van der Waals surface area contributed by atoms with Crippen molar-refractivity contribution in [2.75, 3.05) is 7.11 Å². The van der Waals surface area contributed by atoms with Crippen LogP contribution in [0.3, 0.4) is 0 Å². The Morgan fingerprint density at radius 3 is 2.73 bits per heavy atom. The third-order valence-corrected chi connectivity index (χ3v) is 2.59. The Bertz CT molecular complexity index is 482. The fraction of sp³-hybridized carbons (Fsp3) is 0.200. The van der Waals surface area contributed by atoms with Crippen molar-refractivity contribution in [1.82, 2.24) is 10.1 Å². The number of methoxy groups -OCH3 is 1. The summed E-state index contributed by atoms with van der Waals surface area (Å²) < 4.78 is 11.0. The summed E-state index contributed by atoms with van der Waals surface area (Å²) in [6, 6.07) is 5.57. The number of aromatic nitrogens is 2. The van der Waals surface area contributed by atoms with Gasteiger partial charge in [-0.05, 0) is 41.1 Å². The van der Waals surface area contributed by atoms with E-state index in [9.17, 15) is 0 Å². The molecule has 1 heterocycles. The Morgan fingerprint density at radius 2 is 2.20 bits per heavy atom. The minimum absolute atomic E-state index is 0.502. The molecular weight excluding hydrogens is 260 g/mol. The van der Waals surface area contributed by atoms with Crippen LogP contribution >= 0.6 is 15.9 Å². The molecule has 0 aliphatic carbocycles. The molecule has 4 nitrogen and oxygen atoms in total. The smallest absolute Gasteiger partial charge is 0.259 e. The van der Waals surface area contributed by atoms with Crippen molar-refractivity contribution in [3.63, 3.8) is 0 Å². The van der Waals surface area contributed by atoms with Crippen LogP contribution in [0.2, 0.25) is 0 Å². The highest BCUT2D eigenvalue weighted by molar-refractivity contribution is 9.10. The summed E-state index contributed by atoms with van der Waals surface area (Å²) in [5, 5.41) is 3.74. The van der Waals surface area contributed by atoms with E-state index >= 15 is 0 Å². The van der Waals surface area contributed by atoms with Gasteiger partial charge in [-0.3, -0.25) is 0 Å². The third kappa shape index (κ3) is 2.02. The van der Waals surface area contributed by atoms with Gasteiger partial charge in [-0.15, -0.1) is 0 Å². The highest BCUT2D eigenvalue weighted by Gasteiger charge is 2.10. The number of hydrogen-bond donors (Lipinski definition) is 0. The highest BCUT2D eigenvalue weighted by Crippen LogP contribution is 2.30. The number of halogens is 1. The van der Waals surface area contributed by atoms with E-state index in [-0.39, 0.29) is 0 Å². The van der Waals surface area contributed by atoms with Crippen molar-refractivity contribution in [1.29, 1.82) is 0 Å². The fourth-order valence-electron chi connectivity index (χ4n) is 1.20. The quantitative estimate of drug-likeness (QED) is 0.841. The van der Waals surface area contributed by atoms with Gasteiger partial charge < -0.3 is 9.26 Å². The summed E-state index contributed by atoms with van der Waals surface area (Å²) in [5.74, 6) is 1.90. The van der Waals surface area contributed by atoms with E-state index in [1.165, 1.54) is 0 Å². The normalized spacial score (nSPS) is 10.3. The van der Waals surface area contributed by atoms with Gasteiger partial charge in [-0.2, -0.15) is 4.98 Å². The van der Waals surface area contributed by atoms with Crippen molar-refractivity contribution in [2.45, 2.75) is 6.92 Å². The third-order valence-electron chi connectivity index (χ3n) is 1.93. The molecule has 0 radical (unpaired) electrons. The van der Waals surface area contributed by atoms with E-state index in [0.717, 1.165) is 15.8 Å². The molecule has 0 spiro atoms. The van der Waals surface area contributed by atoms with Crippen LogP contribution in [0, 0.1) is 6.92 Å². The lowest BCUT2D eigenvalue weighted by molar-refractivity contribution is 0.413. The number of benzene rings is 1. The largest absolute Gasteiger partial charge is 0.497 e. The second-order valence-corrected chi connectivity index (χ2v) is 3.85.